The average Bonchev–Trinajstić information content (AvgIpc) is 2.16. The fourth-order valence-electron chi connectivity index (χ4n) is 1.46. The second-order valence-corrected chi connectivity index (χ2v) is 4.86. The number of benzene rings is 1. The van der Waals surface area contributed by atoms with Crippen LogP contribution in [0.25, 0.3) is 0 Å². The molecule has 0 spiro atoms. The molecular weight excluding hydrogens is 287 g/mol. The summed E-state index contributed by atoms with van der Waals surface area (Å²) < 4.78 is 6.69. The van der Waals surface area contributed by atoms with E-state index in [1.165, 1.54) is 14.7 Å². The first-order chi connectivity index (χ1) is 6.57. The lowest BCUT2D eigenvalue weighted by atomic mass is 9.99. The van der Waals surface area contributed by atoms with Gasteiger partial charge in [-0.05, 0) is 46.6 Å². The number of hydrogen-bond donors (Lipinski definition) is 0. The van der Waals surface area contributed by atoms with Crippen molar-refractivity contribution in [3.63, 3.8) is 0 Å². The van der Waals surface area contributed by atoms with Crippen molar-refractivity contribution >= 4 is 22.6 Å². The third kappa shape index (κ3) is 2.48. The Hall–Kier alpha value is -0.0900. The number of rotatable bonds is 3. The Bertz CT molecular complexity index is 307. The zero-order chi connectivity index (χ0) is 10.7. The molecule has 0 N–H and O–H groups in total. The lowest BCUT2D eigenvalue weighted by molar-refractivity contribution is 0.119. The van der Waals surface area contributed by atoms with E-state index in [0.717, 1.165) is 0 Å². The summed E-state index contributed by atoms with van der Waals surface area (Å²) in [6.45, 7) is 6.53. The molecule has 0 saturated heterocycles. The summed E-state index contributed by atoms with van der Waals surface area (Å²) in [5, 5.41) is 0. The van der Waals surface area contributed by atoms with Gasteiger partial charge < -0.3 is 4.74 Å². The SMILES string of the molecule is CO[C@@H](C)c1cccc(C(C)C)c1I. The Morgan fingerprint density at radius 2 is 1.71 bits per heavy atom. The van der Waals surface area contributed by atoms with Crippen molar-refractivity contribution in [2.75, 3.05) is 7.11 Å². The third-order valence-electron chi connectivity index (χ3n) is 2.47. The molecule has 1 aromatic carbocycles. The summed E-state index contributed by atoms with van der Waals surface area (Å²) in [4.78, 5) is 0. The molecule has 0 radical (unpaired) electrons. The van der Waals surface area contributed by atoms with Crippen molar-refractivity contribution in [3.8, 4) is 0 Å². The molecule has 78 valence electrons. The minimum absolute atomic E-state index is 0.181. The maximum atomic E-state index is 5.35. The van der Waals surface area contributed by atoms with Crippen molar-refractivity contribution in [2.24, 2.45) is 0 Å². The molecule has 0 saturated carbocycles. The Kier molecular flexibility index (Phi) is 4.38. The Morgan fingerprint density at radius 3 is 2.21 bits per heavy atom. The van der Waals surface area contributed by atoms with E-state index in [2.05, 4.69) is 61.6 Å². The van der Waals surface area contributed by atoms with Crippen LogP contribution in [0, 0.1) is 3.57 Å². The monoisotopic (exact) mass is 304 g/mol. The first-order valence-electron chi connectivity index (χ1n) is 4.89. The van der Waals surface area contributed by atoms with Gasteiger partial charge in [0, 0.05) is 10.7 Å². The van der Waals surface area contributed by atoms with Crippen LogP contribution in [-0.4, -0.2) is 7.11 Å². The zero-order valence-electron chi connectivity index (χ0n) is 9.17. The summed E-state index contributed by atoms with van der Waals surface area (Å²) in [7, 11) is 1.75. The molecule has 0 amide bonds. The Morgan fingerprint density at radius 1 is 1.14 bits per heavy atom. The van der Waals surface area contributed by atoms with Crippen molar-refractivity contribution < 1.29 is 4.74 Å². The molecule has 2 heteroatoms. The molecule has 1 aromatic rings. The van der Waals surface area contributed by atoms with Crippen molar-refractivity contribution in [1.82, 2.24) is 0 Å². The van der Waals surface area contributed by atoms with Crippen LogP contribution in [-0.2, 0) is 4.74 Å². The van der Waals surface area contributed by atoms with Gasteiger partial charge in [0.2, 0.25) is 0 Å². The summed E-state index contributed by atoms with van der Waals surface area (Å²) >= 11 is 2.41. The van der Waals surface area contributed by atoms with Gasteiger partial charge in [0.25, 0.3) is 0 Å². The Labute approximate surface area is 100.0 Å². The lowest BCUT2D eigenvalue weighted by Crippen LogP contribution is -2.02. The fourth-order valence-corrected chi connectivity index (χ4v) is 2.88. The molecule has 0 unspecified atom stereocenters. The van der Waals surface area contributed by atoms with Gasteiger partial charge in [-0.15, -0.1) is 0 Å². The summed E-state index contributed by atoms with van der Waals surface area (Å²) in [6, 6.07) is 6.45. The molecular formula is C12H17IO. The fraction of sp³-hybridized carbons (Fsp3) is 0.500. The molecule has 0 bridgehead atoms. The predicted octanol–water partition coefficient (Wildman–Crippen LogP) is 4.12. The number of ether oxygens (including phenoxy) is 1. The van der Waals surface area contributed by atoms with Crippen LogP contribution in [0.5, 0.6) is 0 Å². The molecule has 1 nitrogen and oxygen atoms in total. The van der Waals surface area contributed by atoms with Gasteiger partial charge in [0.15, 0.2) is 0 Å². The first kappa shape index (κ1) is 12.0. The largest absolute Gasteiger partial charge is 0.377 e. The minimum atomic E-state index is 0.181. The first-order valence-corrected chi connectivity index (χ1v) is 5.97. The van der Waals surface area contributed by atoms with Crippen LogP contribution < -0.4 is 0 Å². The molecule has 0 heterocycles. The summed E-state index contributed by atoms with van der Waals surface area (Å²) in [6.07, 6.45) is 0.181. The van der Waals surface area contributed by atoms with Crippen LogP contribution in [0.2, 0.25) is 0 Å². The lowest BCUT2D eigenvalue weighted by Gasteiger charge is -2.16. The van der Waals surface area contributed by atoms with E-state index in [1.807, 2.05) is 0 Å². The number of hydrogen-bond acceptors (Lipinski definition) is 1. The van der Waals surface area contributed by atoms with Gasteiger partial charge in [-0.2, -0.15) is 0 Å². The van der Waals surface area contributed by atoms with Crippen molar-refractivity contribution in [1.29, 1.82) is 0 Å². The van der Waals surface area contributed by atoms with E-state index in [4.69, 9.17) is 4.74 Å². The van der Waals surface area contributed by atoms with Crippen molar-refractivity contribution in [3.05, 3.63) is 32.9 Å². The van der Waals surface area contributed by atoms with Gasteiger partial charge in [0.1, 0.15) is 0 Å². The van der Waals surface area contributed by atoms with Crippen LogP contribution in [0.1, 0.15) is 43.9 Å². The number of methoxy groups -OCH3 is 1. The predicted molar refractivity (Wildman–Crippen MR) is 68.7 cm³/mol. The van der Waals surface area contributed by atoms with Crippen LogP contribution in [0.4, 0.5) is 0 Å². The molecule has 0 aliphatic heterocycles. The van der Waals surface area contributed by atoms with E-state index in [0.29, 0.717) is 5.92 Å². The quantitative estimate of drug-likeness (QED) is 0.763. The highest BCUT2D eigenvalue weighted by Crippen LogP contribution is 2.28. The second kappa shape index (κ2) is 5.12. The van der Waals surface area contributed by atoms with E-state index in [1.54, 1.807) is 7.11 Å². The maximum absolute atomic E-state index is 5.35. The normalized spacial score (nSPS) is 13.3. The molecule has 0 aromatic heterocycles. The van der Waals surface area contributed by atoms with Gasteiger partial charge in [-0.1, -0.05) is 32.0 Å². The maximum Gasteiger partial charge on any atom is 0.0803 e. The van der Waals surface area contributed by atoms with E-state index in [-0.39, 0.29) is 6.10 Å². The third-order valence-corrected chi connectivity index (χ3v) is 3.72. The van der Waals surface area contributed by atoms with E-state index < -0.39 is 0 Å². The van der Waals surface area contributed by atoms with Gasteiger partial charge in [-0.3, -0.25) is 0 Å². The highest BCUT2D eigenvalue weighted by Gasteiger charge is 2.12. The van der Waals surface area contributed by atoms with Crippen molar-refractivity contribution in [2.45, 2.75) is 32.8 Å². The smallest absolute Gasteiger partial charge is 0.0803 e. The molecule has 1 atom stereocenters. The highest BCUT2D eigenvalue weighted by atomic mass is 127. The molecule has 0 aliphatic carbocycles. The average molecular weight is 304 g/mol. The van der Waals surface area contributed by atoms with Gasteiger partial charge in [-0.25, -0.2) is 0 Å². The highest BCUT2D eigenvalue weighted by molar-refractivity contribution is 14.1. The molecule has 0 fully saturated rings. The topological polar surface area (TPSA) is 9.23 Å². The van der Waals surface area contributed by atoms with Crippen LogP contribution in [0.15, 0.2) is 18.2 Å². The number of halogens is 1. The molecule has 14 heavy (non-hydrogen) atoms. The van der Waals surface area contributed by atoms with Gasteiger partial charge in [0.05, 0.1) is 6.10 Å². The Balaban J connectivity index is 3.13. The summed E-state index contributed by atoms with van der Waals surface area (Å²) in [5.41, 5.74) is 2.70. The molecule has 1 rings (SSSR count). The molecule has 0 aliphatic rings. The van der Waals surface area contributed by atoms with E-state index >= 15 is 0 Å². The summed E-state index contributed by atoms with van der Waals surface area (Å²) in [5.74, 6) is 0.575. The minimum Gasteiger partial charge on any atom is -0.377 e. The van der Waals surface area contributed by atoms with Crippen LogP contribution in [0.3, 0.4) is 0 Å². The van der Waals surface area contributed by atoms with Crippen LogP contribution >= 0.6 is 22.6 Å². The van der Waals surface area contributed by atoms with E-state index in [9.17, 15) is 0 Å². The standard InChI is InChI=1S/C12H17IO/c1-8(2)10-6-5-7-11(12(10)13)9(3)14-4/h5-9H,1-4H3/t9-/m0/s1. The van der Waals surface area contributed by atoms with Gasteiger partial charge >= 0.3 is 0 Å². The zero-order valence-corrected chi connectivity index (χ0v) is 11.3. The second-order valence-electron chi connectivity index (χ2n) is 3.78.